The van der Waals surface area contributed by atoms with Gasteiger partial charge >= 0.3 is 0 Å². The van der Waals surface area contributed by atoms with E-state index in [4.69, 9.17) is 4.98 Å². The molecule has 2 aromatic heterocycles. The Balaban J connectivity index is 0.00000182. The summed E-state index contributed by atoms with van der Waals surface area (Å²) in [5, 5.41) is 1.14. The van der Waals surface area contributed by atoms with Crippen molar-refractivity contribution in [2.75, 3.05) is 0 Å². The van der Waals surface area contributed by atoms with E-state index in [0.717, 1.165) is 33.3 Å². The van der Waals surface area contributed by atoms with E-state index in [0.29, 0.717) is 0 Å². The summed E-state index contributed by atoms with van der Waals surface area (Å²) in [6.07, 6.45) is 3.68. The third-order valence-electron chi connectivity index (χ3n) is 4.05. The molecule has 0 N–H and O–H groups in total. The van der Waals surface area contributed by atoms with Crippen LogP contribution in [0.1, 0.15) is 16.0 Å². The average molecular weight is 456 g/mol. The third kappa shape index (κ3) is 3.65. The van der Waals surface area contributed by atoms with Crippen LogP contribution in [0.25, 0.3) is 22.2 Å². The van der Waals surface area contributed by atoms with Crippen molar-refractivity contribution in [1.82, 2.24) is 9.97 Å². The molecule has 0 saturated carbocycles. The van der Waals surface area contributed by atoms with Gasteiger partial charge in [0.1, 0.15) is 0 Å². The molecule has 0 aliphatic carbocycles. The molecule has 2 aromatic carbocycles. The highest BCUT2D eigenvalue weighted by Gasteiger charge is 2.18. The van der Waals surface area contributed by atoms with Gasteiger partial charge in [0.25, 0.3) is 0 Å². The van der Waals surface area contributed by atoms with Crippen LogP contribution in [-0.2, 0) is 0 Å². The molecule has 0 spiro atoms. The zero-order valence-corrected chi connectivity index (χ0v) is 16.6. The first-order chi connectivity index (χ1) is 11.8. The van der Waals surface area contributed by atoms with Crippen molar-refractivity contribution in [3.63, 3.8) is 0 Å². The Kier molecular flexibility index (Phi) is 5.61. The second-order valence-electron chi connectivity index (χ2n) is 5.63. The van der Waals surface area contributed by atoms with E-state index in [9.17, 15) is 0 Å². The van der Waals surface area contributed by atoms with Crippen LogP contribution >= 0.6 is 32.9 Å². The fourth-order valence-corrected chi connectivity index (χ4v) is 3.48. The van der Waals surface area contributed by atoms with E-state index in [1.807, 2.05) is 42.6 Å². The predicted octanol–water partition coefficient (Wildman–Crippen LogP) is 6.36. The monoisotopic (exact) mass is 454 g/mol. The molecule has 0 saturated heterocycles. The molecule has 4 heteroatoms. The lowest BCUT2D eigenvalue weighted by Crippen LogP contribution is -1.99. The number of pyridine rings is 2. The summed E-state index contributed by atoms with van der Waals surface area (Å²) >= 11 is 3.85. The Hall–Kier alpha value is -2.04. The summed E-state index contributed by atoms with van der Waals surface area (Å²) < 4.78 is 0. The van der Waals surface area contributed by atoms with Crippen molar-refractivity contribution in [3.05, 3.63) is 96.3 Å². The summed E-state index contributed by atoms with van der Waals surface area (Å²) in [6, 6.07) is 24.8. The van der Waals surface area contributed by atoms with Crippen molar-refractivity contribution in [3.8, 4) is 11.3 Å². The minimum absolute atomic E-state index is 0. The highest BCUT2D eigenvalue weighted by molar-refractivity contribution is 9.09. The molecule has 0 amide bonds. The number of nitrogens with zero attached hydrogens (tertiary/aromatic N) is 2. The van der Waals surface area contributed by atoms with Crippen LogP contribution in [0.4, 0.5) is 0 Å². The number of rotatable bonds is 3. The second kappa shape index (κ2) is 7.89. The van der Waals surface area contributed by atoms with Gasteiger partial charge in [0.2, 0.25) is 0 Å². The van der Waals surface area contributed by atoms with Gasteiger partial charge in [-0.25, -0.2) is 4.98 Å². The van der Waals surface area contributed by atoms with E-state index in [1.165, 1.54) is 0 Å². The number of para-hydroxylation sites is 1. The first kappa shape index (κ1) is 17.8. The number of benzene rings is 2. The number of halogens is 2. The highest BCUT2D eigenvalue weighted by atomic mass is 79.9. The van der Waals surface area contributed by atoms with E-state index in [-0.39, 0.29) is 21.8 Å². The molecule has 2 nitrogen and oxygen atoms in total. The van der Waals surface area contributed by atoms with Gasteiger partial charge < -0.3 is 0 Å². The maximum atomic E-state index is 4.94. The first-order valence-electron chi connectivity index (χ1n) is 7.82. The molecule has 1 unspecified atom stereocenters. The van der Waals surface area contributed by atoms with Gasteiger partial charge in [-0.1, -0.05) is 70.5 Å². The van der Waals surface area contributed by atoms with Gasteiger partial charge in [-0.2, -0.15) is 0 Å². The summed E-state index contributed by atoms with van der Waals surface area (Å²) in [7, 11) is 0. The number of hydrogen-bond acceptors (Lipinski definition) is 2. The Morgan fingerprint density at radius 2 is 1.60 bits per heavy atom. The summed E-state index contributed by atoms with van der Waals surface area (Å²) in [5.74, 6) is 0. The van der Waals surface area contributed by atoms with Crippen LogP contribution in [-0.4, -0.2) is 9.97 Å². The van der Waals surface area contributed by atoms with E-state index < -0.39 is 0 Å². The maximum Gasteiger partial charge on any atom is 0.0756 e. The smallest absolute Gasteiger partial charge is 0.0756 e. The van der Waals surface area contributed by atoms with Crippen molar-refractivity contribution in [2.45, 2.75) is 4.83 Å². The fraction of sp³-hybridized carbons (Fsp3) is 0.0476. The van der Waals surface area contributed by atoms with Crippen LogP contribution in [0.5, 0.6) is 0 Å². The Morgan fingerprint density at radius 3 is 2.36 bits per heavy atom. The molecule has 0 bridgehead atoms. The maximum absolute atomic E-state index is 4.94. The van der Waals surface area contributed by atoms with Crippen LogP contribution in [0.15, 0.2) is 85.2 Å². The standard InChI is InChI=1S/C21H15BrN2.BrH/c22-20(17-10-6-12-23-14-17)18-13-16-9-4-5-11-19(16)24-21(18)15-7-2-1-3-8-15;/h1-14,20H;1H. The number of alkyl halides is 1. The third-order valence-corrected chi connectivity index (χ3v) is 5.07. The SMILES string of the molecule is Br.BrC(c1cccnc1)c1cc2ccccc2nc1-c1ccccc1. The topological polar surface area (TPSA) is 25.8 Å². The van der Waals surface area contributed by atoms with Gasteiger partial charge in [0.05, 0.1) is 16.0 Å². The van der Waals surface area contributed by atoms with Gasteiger partial charge in [-0.15, -0.1) is 17.0 Å². The van der Waals surface area contributed by atoms with Crippen molar-refractivity contribution in [2.24, 2.45) is 0 Å². The summed E-state index contributed by atoms with van der Waals surface area (Å²) in [4.78, 5) is 9.23. The highest BCUT2D eigenvalue weighted by Crippen LogP contribution is 2.37. The Bertz CT molecular complexity index is 973. The number of aromatic nitrogens is 2. The van der Waals surface area contributed by atoms with Crippen LogP contribution in [0.3, 0.4) is 0 Å². The number of fused-ring (bicyclic) bond motifs is 1. The molecule has 0 aliphatic heterocycles. The van der Waals surface area contributed by atoms with Crippen molar-refractivity contribution < 1.29 is 0 Å². The first-order valence-corrected chi connectivity index (χ1v) is 8.73. The van der Waals surface area contributed by atoms with Crippen LogP contribution < -0.4 is 0 Å². The summed E-state index contributed by atoms with van der Waals surface area (Å²) in [5.41, 5.74) is 5.39. The Morgan fingerprint density at radius 1 is 0.840 bits per heavy atom. The largest absolute Gasteiger partial charge is 0.264 e. The van der Waals surface area contributed by atoms with E-state index in [1.54, 1.807) is 6.20 Å². The van der Waals surface area contributed by atoms with Gasteiger partial charge in [-0.3, -0.25) is 4.98 Å². The quantitative estimate of drug-likeness (QED) is 0.336. The van der Waals surface area contributed by atoms with E-state index in [2.05, 4.69) is 57.3 Å². The van der Waals surface area contributed by atoms with Crippen LogP contribution in [0, 0.1) is 0 Å². The number of hydrogen-bond donors (Lipinski definition) is 0. The molecule has 1 atom stereocenters. The molecule has 0 fully saturated rings. The van der Waals surface area contributed by atoms with Gasteiger partial charge in [0, 0.05) is 23.3 Å². The molecule has 4 aromatic rings. The van der Waals surface area contributed by atoms with Crippen molar-refractivity contribution >= 4 is 43.8 Å². The molecule has 124 valence electrons. The molecule has 0 radical (unpaired) electrons. The lowest BCUT2D eigenvalue weighted by Gasteiger charge is -2.16. The molecule has 2 heterocycles. The van der Waals surface area contributed by atoms with Crippen molar-refractivity contribution in [1.29, 1.82) is 0 Å². The minimum atomic E-state index is 0. The minimum Gasteiger partial charge on any atom is -0.264 e. The molecule has 25 heavy (non-hydrogen) atoms. The zero-order valence-electron chi connectivity index (χ0n) is 13.3. The van der Waals surface area contributed by atoms with Crippen LogP contribution in [0.2, 0.25) is 0 Å². The average Bonchev–Trinajstić information content (AvgIpc) is 2.68. The lowest BCUT2D eigenvalue weighted by molar-refractivity contribution is 1.12. The molecule has 4 rings (SSSR count). The molecular weight excluding hydrogens is 440 g/mol. The van der Waals surface area contributed by atoms with Gasteiger partial charge in [0.15, 0.2) is 0 Å². The Labute approximate surface area is 165 Å². The zero-order chi connectivity index (χ0) is 16.4. The predicted molar refractivity (Wildman–Crippen MR) is 113 cm³/mol. The summed E-state index contributed by atoms with van der Waals surface area (Å²) in [6.45, 7) is 0. The van der Waals surface area contributed by atoms with E-state index >= 15 is 0 Å². The fourth-order valence-electron chi connectivity index (χ4n) is 2.86. The van der Waals surface area contributed by atoms with Gasteiger partial charge in [-0.05, 0) is 29.3 Å². The molecular formula is C21H16Br2N2. The second-order valence-corrected chi connectivity index (χ2v) is 6.55. The normalized spacial score (nSPS) is 11.7. The lowest BCUT2D eigenvalue weighted by atomic mass is 9.98. The molecule has 0 aliphatic rings.